The molecular weight excluding hydrogens is 392 g/mol. The van der Waals surface area contributed by atoms with Gasteiger partial charge in [0.05, 0.1) is 24.5 Å². The molecule has 4 rings (SSSR count). The average Bonchev–Trinajstić information content (AvgIpc) is 2.79. The van der Waals surface area contributed by atoms with Crippen LogP contribution in [0.5, 0.6) is 5.75 Å². The van der Waals surface area contributed by atoms with Gasteiger partial charge in [-0.05, 0) is 57.2 Å². The van der Waals surface area contributed by atoms with Crippen molar-refractivity contribution >= 4 is 28.9 Å². The van der Waals surface area contributed by atoms with Gasteiger partial charge in [0.2, 0.25) is 11.8 Å². The van der Waals surface area contributed by atoms with Crippen LogP contribution in [0.3, 0.4) is 0 Å². The molecule has 0 saturated carbocycles. The zero-order valence-corrected chi connectivity index (χ0v) is 18.6. The van der Waals surface area contributed by atoms with E-state index in [1.807, 2.05) is 43.3 Å². The third kappa shape index (κ3) is 3.85. The second-order valence-electron chi connectivity index (χ2n) is 8.60. The number of ether oxygens (including phenoxy) is 1. The molecule has 2 aromatic rings. The van der Waals surface area contributed by atoms with Crippen molar-refractivity contribution in [2.45, 2.75) is 32.4 Å². The van der Waals surface area contributed by atoms with Crippen LogP contribution in [0, 0.1) is 0 Å². The molecule has 1 saturated heterocycles. The molecule has 0 radical (unpaired) electrons. The summed E-state index contributed by atoms with van der Waals surface area (Å²) >= 11 is 0. The summed E-state index contributed by atoms with van der Waals surface area (Å²) in [5.41, 5.74) is 1.63. The molecule has 0 aromatic heterocycles. The number of methoxy groups -OCH3 is 1. The highest BCUT2D eigenvalue weighted by Gasteiger charge is 2.45. The molecule has 7 nitrogen and oxygen atoms in total. The molecule has 1 fully saturated rings. The lowest BCUT2D eigenvalue weighted by Gasteiger charge is -2.45. The molecule has 1 atom stereocenters. The minimum Gasteiger partial charge on any atom is -0.497 e. The first kappa shape index (κ1) is 21.2. The Morgan fingerprint density at radius 2 is 1.68 bits per heavy atom. The Morgan fingerprint density at radius 3 is 2.32 bits per heavy atom. The number of carbonyl (C=O) groups is 2. The summed E-state index contributed by atoms with van der Waals surface area (Å²) in [4.78, 5) is 32.5. The van der Waals surface area contributed by atoms with E-state index < -0.39 is 5.54 Å². The Labute approximate surface area is 183 Å². The number of benzene rings is 2. The van der Waals surface area contributed by atoms with E-state index in [0.29, 0.717) is 5.69 Å². The molecular formula is C24H30N4O3. The molecule has 2 aliphatic rings. The first-order chi connectivity index (χ1) is 14.8. The summed E-state index contributed by atoms with van der Waals surface area (Å²) in [6.07, 6.45) is 0. The van der Waals surface area contributed by atoms with Crippen LogP contribution in [0.1, 0.15) is 20.8 Å². The molecule has 2 heterocycles. The predicted molar refractivity (Wildman–Crippen MR) is 123 cm³/mol. The average molecular weight is 423 g/mol. The van der Waals surface area contributed by atoms with E-state index in [1.54, 1.807) is 25.9 Å². The van der Waals surface area contributed by atoms with Gasteiger partial charge in [0, 0.05) is 31.9 Å². The van der Waals surface area contributed by atoms with E-state index in [2.05, 4.69) is 27.2 Å². The summed E-state index contributed by atoms with van der Waals surface area (Å²) in [6.45, 7) is 8.77. The summed E-state index contributed by atoms with van der Waals surface area (Å²) in [7, 11) is 1.66. The maximum atomic E-state index is 13.6. The van der Waals surface area contributed by atoms with Crippen LogP contribution in [0.25, 0.3) is 0 Å². The number of nitrogens with zero attached hydrogens (tertiary/aromatic N) is 3. The molecule has 2 amide bonds. The number of rotatable bonds is 4. The Hall–Kier alpha value is -3.06. The van der Waals surface area contributed by atoms with Crippen molar-refractivity contribution < 1.29 is 14.3 Å². The first-order valence-corrected chi connectivity index (χ1v) is 10.7. The quantitative estimate of drug-likeness (QED) is 0.821. The molecule has 2 aliphatic heterocycles. The number of anilines is 3. The van der Waals surface area contributed by atoms with Crippen LogP contribution in [0.2, 0.25) is 0 Å². The van der Waals surface area contributed by atoms with E-state index in [1.165, 1.54) is 0 Å². The summed E-state index contributed by atoms with van der Waals surface area (Å²) in [5, 5.41) is 2.92. The smallest absolute Gasteiger partial charge is 0.250 e. The Bertz CT molecular complexity index is 965. The summed E-state index contributed by atoms with van der Waals surface area (Å²) in [5.74, 6) is 0.622. The van der Waals surface area contributed by atoms with Crippen molar-refractivity contribution in [2.24, 2.45) is 0 Å². The van der Waals surface area contributed by atoms with Crippen molar-refractivity contribution in [1.82, 2.24) is 4.90 Å². The number of carbonyl (C=O) groups excluding carboxylic acids is 2. The van der Waals surface area contributed by atoms with E-state index >= 15 is 0 Å². The lowest BCUT2D eigenvalue weighted by molar-refractivity contribution is -0.129. The van der Waals surface area contributed by atoms with Crippen LogP contribution in [-0.4, -0.2) is 61.6 Å². The van der Waals surface area contributed by atoms with Gasteiger partial charge in [-0.1, -0.05) is 12.1 Å². The standard InChI is InChI=1S/C24H30N4O3/c1-17(26-13-15-27(16-14-26)18-9-11-19(31-4)12-10-18)22(29)28-21-8-6-5-7-20(21)25-23(30)24(28,2)3/h5-12,17H,13-16H2,1-4H3,(H,25,30)/t17-/m1/s1. The fourth-order valence-corrected chi connectivity index (χ4v) is 4.35. The number of para-hydroxylation sites is 2. The highest BCUT2D eigenvalue weighted by atomic mass is 16.5. The van der Waals surface area contributed by atoms with Crippen molar-refractivity contribution in [2.75, 3.05) is 48.4 Å². The van der Waals surface area contributed by atoms with Gasteiger partial charge in [-0.25, -0.2) is 0 Å². The van der Waals surface area contributed by atoms with Gasteiger partial charge in [0.15, 0.2) is 0 Å². The maximum Gasteiger partial charge on any atom is 0.250 e. The fourth-order valence-electron chi connectivity index (χ4n) is 4.35. The third-order valence-corrected chi connectivity index (χ3v) is 6.39. The minimum atomic E-state index is -0.954. The van der Waals surface area contributed by atoms with Gasteiger partial charge in [-0.3, -0.25) is 19.4 Å². The highest BCUT2D eigenvalue weighted by Crippen LogP contribution is 2.37. The predicted octanol–water partition coefficient (Wildman–Crippen LogP) is 2.97. The zero-order chi connectivity index (χ0) is 22.2. The lowest BCUT2D eigenvalue weighted by Crippen LogP contribution is -2.63. The highest BCUT2D eigenvalue weighted by molar-refractivity contribution is 6.15. The minimum absolute atomic E-state index is 0.0507. The molecule has 7 heteroatoms. The Balaban J connectivity index is 1.48. The summed E-state index contributed by atoms with van der Waals surface area (Å²) in [6, 6.07) is 15.2. The Kier molecular flexibility index (Phi) is 5.62. The van der Waals surface area contributed by atoms with Crippen LogP contribution < -0.4 is 19.9 Å². The van der Waals surface area contributed by atoms with E-state index in [-0.39, 0.29) is 17.9 Å². The molecule has 0 aliphatic carbocycles. The molecule has 31 heavy (non-hydrogen) atoms. The molecule has 1 N–H and O–H groups in total. The monoisotopic (exact) mass is 422 g/mol. The molecule has 164 valence electrons. The number of hydrogen-bond acceptors (Lipinski definition) is 5. The second-order valence-corrected chi connectivity index (χ2v) is 8.60. The van der Waals surface area contributed by atoms with Gasteiger partial charge in [0.1, 0.15) is 11.3 Å². The van der Waals surface area contributed by atoms with Gasteiger partial charge < -0.3 is 15.0 Å². The van der Waals surface area contributed by atoms with Crippen LogP contribution >= 0.6 is 0 Å². The van der Waals surface area contributed by atoms with Gasteiger partial charge >= 0.3 is 0 Å². The Morgan fingerprint density at radius 1 is 1.03 bits per heavy atom. The van der Waals surface area contributed by atoms with Gasteiger partial charge in [-0.15, -0.1) is 0 Å². The molecule has 0 spiro atoms. The number of piperazine rings is 1. The van der Waals surface area contributed by atoms with Crippen molar-refractivity contribution in [3.8, 4) is 5.75 Å². The number of hydrogen-bond donors (Lipinski definition) is 1. The fraction of sp³-hybridized carbons (Fsp3) is 0.417. The largest absolute Gasteiger partial charge is 0.497 e. The van der Waals surface area contributed by atoms with Crippen LogP contribution in [0.15, 0.2) is 48.5 Å². The molecule has 0 bridgehead atoms. The zero-order valence-electron chi connectivity index (χ0n) is 18.6. The van der Waals surface area contributed by atoms with Crippen molar-refractivity contribution in [3.05, 3.63) is 48.5 Å². The number of amides is 2. The SMILES string of the molecule is COc1ccc(N2CCN([C@H](C)C(=O)N3c4ccccc4NC(=O)C3(C)C)CC2)cc1. The second kappa shape index (κ2) is 8.23. The van der Waals surface area contributed by atoms with Crippen LogP contribution in [-0.2, 0) is 9.59 Å². The van der Waals surface area contributed by atoms with Gasteiger partial charge in [-0.2, -0.15) is 0 Å². The van der Waals surface area contributed by atoms with E-state index in [4.69, 9.17) is 4.74 Å². The topological polar surface area (TPSA) is 65.1 Å². The number of fused-ring (bicyclic) bond motifs is 1. The third-order valence-electron chi connectivity index (χ3n) is 6.39. The van der Waals surface area contributed by atoms with Crippen molar-refractivity contribution in [3.63, 3.8) is 0 Å². The molecule has 0 unspecified atom stereocenters. The van der Waals surface area contributed by atoms with E-state index in [9.17, 15) is 9.59 Å². The molecule has 2 aromatic carbocycles. The summed E-state index contributed by atoms with van der Waals surface area (Å²) < 4.78 is 5.24. The lowest BCUT2D eigenvalue weighted by atomic mass is 9.95. The normalized spacial score (nSPS) is 19.4. The van der Waals surface area contributed by atoms with E-state index in [0.717, 1.165) is 43.3 Å². The maximum absolute atomic E-state index is 13.6. The number of nitrogens with one attached hydrogen (secondary N) is 1. The first-order valence-electron chi connectivity index (χ1n) is 10.7. The van der Waals surface area contributed by atoms with Crippen LogP contribution in [0.4, 0.5) is 17.1 Å². The van der Waals surface area contributed by atoms with Crippen molar-refractivity contribution in [1.29, 1.82) is 0 Å². The van der Waals surface area contributed by atoms with Gasteiger partial charge in [0.25, 0.3) is 0 Å².